The number of aliphatic carboxylic acids is 1. The Labute approximate surface area is 104 Å². The minimum absolute atomic E-state index is 0.167. The van der Waals surface area contributed by atoms with Crippen LogP contribution in [-0.2, 0) is 9.53 Å². The standard InChI is InChI=1S/C4H8O.C3H8O.C2HF3O2.CH4O/c1-2-4-5-3-1;1-3(2)4;3-2(4,5)1(6)7;1-2/h1-4H2;3-4H,1-2H3;(H,6,7);2H,1H3. The van der Waals surface area contributed by atoms with Gasteiger partial charge in [-0.05, 0) is 26.7 Å². The molecule has 112 valence electrons. The van der Waals surface area contributed by atoms with Gasteiger partial charge in [0.1, 0.15) is 0 Å². The average Bonchev–Trinajstić information content (AvgIpc) is 2.76. The maximum absolute atomic E-state index is 10.6. The molecule has 1 saturated heterocycles. The van der Waals surface area contributed by atoms with Gasteiger partial charge in [0.25, 0.3) is 0 Å². The molecule has 0 spiro atoms. The third-order valence-electron chi connectivity index (χ3n) is 1.07. The summed E-state index contributed by atoms with van der Waals surface area (Å²) in [5.41, 5.74) is 0. The maximum Gasteiger partial charge on any atom is 0.490 e. The van der Waals surface area contributed by atoms with Crippen LogP contribution in [0.4, 0.5) is 13.2 Å². The monoisotopic (exact) mass is 278 g/mol. The van der Waals surface area contributed by atoms with Crippen molar-refractivity contribution >= 4 is 5.97 Å². The van der Waals surface area contributed by atoms with Gasteiger partial charge in [-0.2, -0.15) is 13.2 Å². The predicted octanol–water partition coefficient (Wildman–Crippen LogP) is 1.43. The summed E-state index contributed by atoms with van der Waals surface area (Å²) < 4.78 is 36.7. The van der Waals surface area contributed by atoms with Crippen LogP contribution in [0.15, 0.2) is 0 Å². The number of hydrogen-bond acceptors (Lipinski definition) is 4. The van der Waals surface area contributed by atoms with Gasteiger partial charge in [0, 0.05) is 26.4 Å². The van der Waals surface area contributed by atoms with Gasteiger partial charge in [0.05, 0.1) is 0 Å². The Morgan fingerprint density at radius 2 is 1.39 bits per heavy atom. The highest BCUT2D eigenvalue weighted by molar-refractivity contribution is 5.73. The fraction of sp³-hybridized carbons (Fsp3) is 0.900. The van der Waals surface area contributed by atoms with Crippen molar-refractivity contribution in [2.75, 3.05) is 20.3 Å². The quantitative estimate of drug-likeness (QED) is 0.624. The largest absolute Gasteiger partial charge is 0.490 e. The number of aliphatic hydroxyl groups is 2. The number of ether oxygens (including phenoxy) is 1. The summed E-state index contributed by atoms with van der Waals surface area (Å²) in [5.74, 6) is -2.76. The second kappa shape index (κ2) is 14.2. The molecule has 0 amide bonds. The molecule has 1 heterocycles. The fourth-order valence-corrected chi connectivity index (χ4v) is 0.510. The molecule has 8 heteroatoms. The molecular formula is C10H21F3O5. The van der Waals surface area contributed by atoms with Gasteiger partial charge >= 0.3 is 12.1 Å². The zero-order valence-corrected chi connectivity index (χ0v) is 10.7. The van der Waals surface area contributed by atoms with E-state index in [1.165, 1.54) is 12.8 Å². The first kappa shape index (κ1) is 22.3. The van der Waals surface area contributed by atoms with Gasteiger partial charge in [-0.15, -0.1) is 0 Å². The van der Waals surface area contributed by atoms with Crippen LogP contribution in [0.1, 0.15) is 26.7 Å². The molecule has 0 unspecified atom stereocenters. The summed E-state index contributed by atoms with van der Waals surface area (Å²) in [4.78, 5) is 8.90. The first-order chi connectivity index (χ1) is 8.18. The Morgan fingerprint density at radius 1 is 1.17 bits per heavy atom. The molecule has 0 aromatic heterocycles. The van der Waals surface area contributed by atoms with Crippen LogP contribution in [0.2, 0.25) is 0 Å². The lowest BCUT2D eigenvalue weighted by molar-refractivity contribution is -0.192. The van der Waals surface area contributed by atoms with E-state index < -0.39 is 12.1 Å². The average molecular weight is 278 g/mol. The van der Waals surface area contributed by atoms with Crippen molar-refractivity contribution < 1.29 is 38.0 Å². The van der Waals surface area contributed by atoms with Gasteiger partial charge in [-0.25, -0.2) is 4.79 Å². The highest BCUT2D eigenvalue weighted by Crippen LogP contribution is 2.13. The lowest BCUT2D eigenvalue weighted by Gasteiger charge is -1.93. The number of rotatable bonds is 0. The molecule has 0 bridgehead atoms. The summed E-state index contributed by atoms with van der Waals surface area (Å²) in [6.07, 6.45) is -2.69. The smallest absolute Gasteiger partial charge is 0.475 e. The minimum atomic E-state index is -5.08. The van der Waals surface area contributed by atoms with Gasteiger partial charge in [-0.3, -0.25) is 0 Å². The molecule has 0 atom stereocenters. The van der Waals surface area contributed by atoms with E-state index in [-0.39, 0.29) is 6.10 Å². The molecule has 3 N–H and O–H groups in total. The van der Waals surface area contributed by atoms with E-state index in [1.54, 1.807) is 13.8 Å². The summed E-state index contributed by atoms with van der Waals surface area (Å²) in [7, 11) is 1.00. The molecule has 1 fully saturated rings. The molecule has 5 nitrogen and oxygen atoms in total. The number of hydrogen-bond donors (Lipinski definition) is 3. The van der Waals surface area contributed by atoms with Crippen molar-refractivity contribution in [1.82, 2.24) is 0 Å². The fourth-order valence-electron chi connectivity index (χ4n) is 0.510. The maximum atomic E-state index is 10.6. The molecule has 1 aliphatic rings. The lowest BCUT2D eigenvalue weighted by Crippen LogP contribution is -2.21. The van der Waals surface area contributed by atoms with Gasteiger partial charge in [0.2, 0.25) is 0 Å². The third kappa shape index (κ3) is 29.4. The minimum Gasteiger partial charge on any atom is -0.475 e. The van der Waals surface area contributed by atoms with Crippen molar-refractivity contribution in [3.8, 4) is 0 Å². The van der Waals surface area contributed by atoms with Crippen molar-refractivity contribution in [1.29, 1.82) is 0 Å². The van der Waals surface area contributed by atoms with Crippen LogP contribution in [0.25, 0.3) is 0 Å². The SMILES string of the molecule is C1CCOC1.CC(C)O.CO.O=C(O)C(F)(F)F. The summed E-state index contributed by atoms with van der Waals surface area (Å²) in [5, 5.41) is 22.2. The Hall–Kier alpha value is -0.860. The number of aliphatic hydroxyl groups excluding tert-OH is 2. The van der Waals surface area contributed by atoms with Crippen molar-refractivity contribution in [3.63, 3.8) is 0 Å². The Bertz CT molecular complexity index is 168. The number of halogens is 3. The van der Waals surface area contributed by atoms with Crippen LogP contribution in [0, 0.1) is 0 Å². The van der Waals surface area contributed by atoms with Crippen molar-refractivity contribution in [2.45, 2.75) is 39.0 Å². The highest BCUT2D eigenvalue weighted by atomic mass is 19.4. The van der Waals surface area contributed by atoms with Crippen LogP contribution in [0.5, 0.6) is 0 Å². The Kier molecular flexibility index (Phi) is 17.6. The van der Waals surface area contributed by atoms with Gasteiger partial charge < -0.3 is 20.1 Å². The van der Waals surface area contributed by atoms with E-state index in [0.717, 1.165) is 20.3 Å². The third-order valence-corrected chi connectivity index (χ3v) is 1.07. The number of carboxylic acids is 1. The summed E-state index contributed by atoms with van der Waals surface area (Å²) >= 11 is 0. The number of carboxylic acid groups (broad SMARTS) is 1. The van der Waals surface area contributed by atoms with E-state index in [1.807, 2.05) is 0 Å². The van der Waals surface area contributed by atoms with E-state index >= 15 is 0 Å². The van der Waals surface area contributed by atoms with E-state index in [9.17, 15) is 13.2 Å². The molecular weight excluding hydrogens is 257 g/mol. The number of alkyl halides is 3. The van der Waals surface area contributed by atoms with E-state index in [2.05, 4.69) is 0 Å². The van der Waals surface area contributed by atoms with Gasteiger partial charge in [-0.1, -0.05) is 0 Å². The Morgan fingerprint density at radius 3 is 1.44 bits per heavy atom. The first-order valence-corrected chi connectivity index (χ1v) is 5.18. The van der Waals surface area contributed by atoms with Crippen LogP contribution >= 0.6 is 0 Å². The van der Waals surface area contributed by atoms with Crippen LogP contribution in [0.3, 0.4) is 0 Å². The molecule has 18 heavy (non-hydrogen) atoms. The first-order valence-electron chi connectivity index (χ1n) is 5.18. The second-order valence-electron chi connectivity index (χ2n) is 3.22. The Balaban J connectivity index is -0.000000181. The molecule has 0 aromatic carbocycles. The van der Waals surface area contributed by atoms with E-state index in [4.69, 9.17) is 24.9 Å². The molecule has 0 aromatic rings. The summed E-state index contributed by atoms with van der Waals surface area (Å²) in [6, 6.07) is 0. The normalized spacial score (nSPS) is 13.4. The second-order valence-corrected chi connectivity index (χ2v) is 3.22. The number of carbonyl (C=O) groups is 1. The zero-order chi connectivity index (χ0) is 15.2. The predicted molar refractivity (Wildman–Crippen MR) is 59.2 cm³/mol. The molecule has 0 radical (unpaired) electrons. The van der Waals surface area contributed by atoms with Crippen molar-refractivity contribution in [2.24, 2.45) is 0 Å². The highest BCUT2D eigenvalue weighted by Gasteiger charge is 2.38. The van der Waals surface area contributed by atoms with Crippen LogP contribution in [-0.4, -0.2) is 53.9 Å². The van der Waals surface area contributed by atoms with Crippen LogP contribution < -0.4 is 0 Å². The molecule has 1 aliphatic heterocycles. The van der Waals surface area contributed by atoms with E-state index in [0.29, 0.717) is 0 Å². The lowest BCUT2D eigenvalue weighted by atomic mass is 10.4. The van der Waals surface area contributed by atoms with Crippen molar-refractivity contribution in [3.05, 3.63) is 0 Å². The summed E-state index contributed by atoms with van der Waals surface area (Å²) in [6.45, 7) is 5.44. The molecule has 0 aliphatic carbocycles. The topological polar surface area (TPSA) is 87.0 Å². The zero-order valence-electron chi connectivity index (χ0n) is 10.7. The molecule has 1 rings (SSSR count). The molecule has 0 saturated carbocycles. The van der Waals surface area contributed by atoms with Gasteiger partial charge in [0.15, 0.2) is 0 Å².